The predicted molar refractivity (Wildman–Crippen MR) is 113 cm³/mol. The zero-order valence-corrected chi connectivity index (χ0v) is 16.7. The molecule has 3 rings (SSSR count). The number of hydrogen-bond donors (Lipinski definition) is 2. The molecule has 0 aromatic heterocycles. The minimum atomic E-state index is -0.606. The number of halogens is 1. The number of anilines is 2. The van der Waals surface area contributed by atoms with E-state index in [0.29, 0.717) is 22.0 Å². The number of rotatable bonds is 4. The Hall–Kier alpha value is -2.98. The van der Waals surface area contributed by atoms with Crippen LogP contribution in [0.15, 0.2) is 66.7 Å². The lowest BCUT2D eigenvalue weighted by Gasteiger charge is -2.21. The molecule has 0 aliphatic rings. The van der Waals surface area contributed by atoms with Crippen LogP contribution in [0.25, 0.3) is 11.1 Å². The van der Waals surface area contributed by atoms with E-state index in [0.717, 1.165) is 11.1 Å². The van der Waals surface area contributed by atoms with Crippen molar-refractivity contribution in [1.29, 1.82) is 0 Å². The number of aromatic hydroxyl groups is 1. The van der Waals surface area contributed by atoms with E-state index in [4.69, 9.17) is 16.3 Å². The molecular formula is C23H22ClNO3. The summed E-state index contributed by atoms with van der Waals surface area (Å²) in [5.41, 5.74) is 2.87. The lowest BCUT2D eigenvalue weighted by Crippen LogP contribution is -2.24. The molecule has 0 atom stereocenters. The first-order valence-corrected chi connectivity index (χ1v) is 9.28. The maximum atomic E-state index is 12.7. The first-order valence-electron chi connectivity index (χ1n) is 8.91. The number of carbonyl (C=O) groups excluding carboxylic acids is 1. The highest BCUT2D eigenvalue weighted by Gasteiger charge is 2.21. The minimum absolute atomic E-state index is 0.134. The van der Waals surface area contributed by atoms with E-state index in [1.165, 1.54) is 0 Å². The van der Waals surface area contributed by atoms with E-state index in [1.807, 2.05) is 63.2 Å². The molecule has 5 heteroatoms. The third-order valence-electron chi connectivity index (χ3n) is 3.92. The number of phenols is 1. The van der Waals surface area contributed by atoms with Crippen LogP contribution < -0.4 is 5.32 Å². The first-order chi connectivity index (χ1) is 13.2. The van der Waals surface area contributed by atoms with Gasteiger partial charge in [0.15, 0.2) is 0 Å². The number of nitrogens with one attached hydrogen (secondary N) is 1. The topological polar surface area (TPSA) is 58.6 Å². The molecule has 144 valence electrons. The van der Waals surface area contributed by atoms with Gasteiger partial charge in [-0.1, -0.05) is 35.9 Å². The second kappa shape index (κ2) is 7.95. The Bertz CT molecular complexity index is 1010. The van der Waals surface area contributed by atoms with Gasteiger partial charge in [-0.05, 0) is 68.3 Å². The summed E-state index contributed by atoms with van der Waals surface area (Å²) in [7, 11) is 0. The van der Waals surface area contributed by atoms with Crippen molar-refractivity contribution in [3.63, 3.8) is 0 Å². The van der Waals surface area contributed by atoms with Crippen molar-refractivity contribution in [1.82, 2.24) is 0 Å². The number of ether oxygens (including phenoxy) is 1. The first kappa shape index (κ1) is 19.8. The van der Waals surface area contributed by atoms with Gasteiger partial charge in [-0.25, -0.2) is 4.79 Å². The molecule has 0 saturated carbocycles. The van der Waals surface area contributed by atoms with Gasteiger partial charge in [-0.15, -0.1) is 0 Å². The Kier molecular flexibility index (Phi) is 5.61. The fraction of sp³-hybridized carbons (Fsp3) is 0.174. The summed E-state index contributed by atoms with van der Waals surface area (Å²) in [6, 6.07) is 19.7. The van der Waals surface area contributed by atoms with Crippen molar-refractivity contribution in [3.8, 4) is 16.9 Å². The summed E-state index contributed by atoms with van der Waals surface area (Å²) in [5, 5.41) is 13.6. The molecule has 3 aromatic carbocycles. The number of benzene rings is 3. The molecule has 0 spiro atoms. The second-order valence-electron chi connectivity index (χ2n) is 7.45. The molecule has 2 N–H and O–H groups in total. The zero-order chi connectivity index (χ0) is 20.3. The smallest absolute Gasteiger partial charge is 0.340 e. The number of hydrogen-bond acceptors (Lipinski definition) is 4. The minimum Gasteiger partial charge on any atom is -0.508 e. The van der Waals surface area contributed by atoms with Crippen LogP contribution in [0, 0.1) is 0 Å². The van der Waals surface area contributed by atoms with Gasteiger partial charge in [-0.3, -0.25) is 0 Å². The summed E-state index contributed by atoms with van der Waals surface area (Å²) in [6.45, 7) is 5.48. The molecule has 3 aromatic rings. The lowest BCUT2D eigenvalue weighted by atomic mass is 10.0. The lowest BCUT2D eigenvalue weighted by molar-refractivity contribution is 0.00708. The number of esters is 1. The molecule has 28 heavy (non-hydrogen) atoms. The van der Waals surface area contributed by atoms with Gasteiger partial charge in [0.25, 0.3) is 0 Å². The predicted octanol–water partition coefficient (Wildman–Crippen LogP) is 6.41. The van der Waals surface area contributed by atoms with Gasteiger partial charge in [-0.2, -0.15) is 0 Å². The molecule has 0 heterocycles. The van der Waals surface area contributed by atoms with Crippen LogP contribution in [-0.4, -0.2) is 16.7 Å². The highest BCUT2D eigenvalue weighted by atomic mass is 35.5. The third-order valence-corrected chi connectivity index (χ3v) is 4.16. The van der Waals surface area contributed by atoms with Gasteiger partial charge >= 0.3 is 5.97 Å². The van der Waals surface area contributed by atoms with E-state index in [2.05, 4.69) is 5.32 Å². The standard InChI is InChI=1S/C23H22ClNO3/c1-23(2,3)28-22(27)20-11-10-16(15-6-4-7-17(24)12-15)13-21(20)25-18-8-5-9-19(26)14-18/h4-14,25-26H,1-3H3. The van der Waals surface area contributed by atoms with E-state index < -0.39 is 11.6 Å². The summed E-state index contributed by atoms with van der Waals surface area (Å²) < 4.78 is 5.54. The fourth-order valence-electron chi connectivity index (χ4n) is 2.75. The molecule has 0 radical (unpaired) electrons. The monoisotopic (exact) mass is 395 g/mol. The van der Waals surface area contributed by atoms with Crippen LogP contribution in [0.3, 0.4) is 0 Å². The van der Waals surface area contributed by atoms with Crippen LogP contribution in [0.4, 0.5) is 11.4 Å². The van der Waals surface area contributed by atoms with E-state index in [9.17, 15) is 9.90 Å². The van der Waals surface area contributed by atoms with Gasteiger partial charge < -0.3 is 15.2 Å². The molecule has 0 bridgehead atoms. The van der Waals surface area contributed by atoms with E-state index in [-0.39, 0.29) is 5.75 Å². The number of phenolic OH excluding ortho intramolecular Hbond substituents is 1. The van der Waals surface area contributed by atoms with Gasteiger partial charge in [0.2, 0.25) is 0 Å². The maximum absolute atomic E-state index is 12.7. The van der Waals surface area contributed by atoms with E-state index in [1.54, 1.807) is 24.3 Å². The molecule has 4 nitrogen and oxygen atoms in total. The molecule has 0 unspecified atom stereocenters. The van der Waals surface area contributed by atoms with Crippen molar-refractivity contribution in [2.45, 2.75) is 26.4 Å². The fourth-order valence-corrected chi connectivity index (χ4v) is 2.94. The van der Waals surface area contributed by atoms with Crippen LogP contribution in [0.1, 0.15) is 31.1 Å². The Morgan fingerprint density at radius 2 is 1.68 bits per heavy atom. The third kappa shape index (κ3) is 5.05. The highest BCUT2D eigenvalue weighted by Crippen LogP contribution is 2.31. The normalized spacial score (nSPS) is 11.1. The Morgan fingerprint density at radius 1 is 0.964 bits per heavy atom. The van der Waals surface area contributed by atoms with E-state index >= 15 is 0 Å². The van der Waals surface area contributed by atoms with Gasteiger partial charge in [0, 0.05) is 16.8 Å². The maximum Gasteiger partial charge on any atom is 0.340 e. The second-order valence-corrected chi connectivity index (χ2v) is 7.88. The highest BCUT2D eigenvalue weighted by molar-refractivity contribution is 6.30. The average molecular weight is 396 g/mol. The largest absolute Gasteiger partial charge is 0.508 e. The zero-order valence-electron chi connectivity index (χ0n) is 16.0. The van der Waals surface area contributed by atoms with Crippen molar-refractivity contribution in [2.24, 2.45) is 0 Å². The average Bonchev–Trinajstić information content (AvgIpc) is 2.60. The van der Waals surface area contributed by atoms with Crippen LogP contribution in [0.5, 0.6) is 5.75 Å². The molecule has 0 fully saturated rings. The summed E-state index contributed by atoms with van der Waals surface area (Å²) >= 11 is 6.12. The Labute approximate surface area is 169 Å². The molecule has 0 aliphatic carbocycles. The van der Waals surface area contributed by atoms with Gasteiger partial charge in [0.05, 0.1) is 11.3 Å². The molecule has 0 aliphatic heterocycles. The van der Waals surface area contributed by atoms with Crippen molar-refractivity contribution < 1.29 is 14.6 Å². The van der Waals surface area contributed by atoms with Crippen molar-refractivity contribution in [3.05, 3.63) is 77.3 Å². The quantitative estimate of drug-likeness (QED) is 0.501. The Morgan fingerprint density at radius 3 is 2.36 bits per heavy atom. The van der Waals surface area contributed by atoms with Crippen LogP contribution >= 0.6 is 11.6 Å². The van der Waals surface area contributed by atoms with Crippen molar-refractivity contribution in [2.75, 3.05) is 5.32 Å². The van der Waals surface area contributed by atoms with Gasteiger partial charge in [0.1, 0.15) is 11.4 Å². The summed E-state index contributed by atoms with van der Waals surface area (Å²) in [4.78, 5) is 12.7. The molecule has 0 amide bonds. The summed E-state index contributed by atoms with van der Waals surface area (Å²) in [6.07, 6.45) is 0. The molecular weight excluding hydrogens is 374 g/mol. The number of carbonyl (C=O) groups is 1. The SMILES string of the molecule is CC(C)(C)OC(=O)c1ccc(-c2cccc(Cl)c2)cc1Nc1cccc(O)c1. The van der Waals surface area contributed by atoms with Crippen molar-refractivity contribution >= 4 is 28.9 Å². The molecule has 0 saturated heterocycles. The Balaban J connectivity index is 2.04. The van der Waals surface area contributed by atoms with Crippen LogP contribution in [0.2, 0.25) is 5.02 Å². The summed E-state index contributed by atoms with van der Waals surface area (Å²) in [5.74, 6) is -0.289. The van der Waals surface area contributed by atoms with Crippen LogP contribution in [-0.2, 0) is 4.74 Å².